The van der Waals surface area contributed by atoms with Crippen molar-refractivity contribution in [3.8, 4) is 0 Å². The van der Waals surface area contributed by atoms with E-state index in [1.807, 2.05) is 0 Å². The molecule has 0 radical (unpaired) electrons. The van der Waals surface area contributed by atoms with Gasteiger partial charge in [-0.1, -0.05) is 41.0 Å². The van der Waals surface area contributed by atoms with Crippen molar-refractivity contribution in [2.75, 3.05) is 0 Å². The second-order valence-corrected chi connectivity index (χ2v) is 14.4. The molecule has 2 rings (SSSR count). The molecule has 0 saturated heterocycles. The molecule has 22 heavy (non-hydrogen) atoms. The molecule has 0 aromatic heterocycles. The molecule has 0 amide bonds. The Hall–Kier alpha value is -0.153. The normalized spacial score (nSPS) is 37.7. The fourth-order valence-corrected chi connectivity index (χ4v) is 6.21. The Kier molecular flexibility index (Phi) is 5.00. The van der Waals surface area contributed by atoms with Gasteiger partial charge in [-0.05, 0) is 61.1 Å². The number of carbonyl (C=O) groups excluding carboxylic acids is 1. The Balaban J connectivity index is 2.18. The summed E-state index contributed by atoms with van der Waals surface area (Å²) in [7, 11) is -1.71. The van der Waals surface area contributed by atoms with Crippen LogP contribution in [0.2, 0.25) is 18.1 Å². The van der Waals surface area contributed by atoms with Gasteiger partial charge in [0.1, 0.15) is 6.29 Å². The highest BCUT2D eigenvalue weighted by atomic mass is 28.4. The van der Waals surface area contributed by atoms with Gasteiger partial charge in [0.25, 0.3) is 0 Å². The van der Waals surface area contributed by atoms with Crippen LogP contribution in [0.3, 0.4) is 0 Å². The molecule has 2 aliphatic carbocycles. The first kappa shape index (κ1) is 18.2. The third kappa shape index (κ3) is 3.08. The van der Waals surface area contributed by atoms with E-state index in [2.05, 4.69) is 47.7 Å². The van der Waals surface area contributed by atoms with Crippen LogP contribution in [0.1, 0.15) is 66.7 Å². The maximum atomic E-state index is 11.3. The van der Waals surface area contributed by atoms with Crippen molar-refractivity contribution < 1.29 is 9.22 Å². The first-order chi connectivity index (χ1) is 10.0. The van der Waals surface area contributed by atoms with Crippen LogP contribution in [0.5, 0.6) is 0 Å². The summed E-state index contributed by atoms with van der Waals surface area (Å²) in [6.07, 6.45) is 7.80. The molecule has 2 aliphatic rings. The van der Waals surface area contributed by atoms with E-state index in [-0.39, 0.29) is 11.0 Å². The molecule has 0 spiro atoms. The van der Waals surface area contributed by atoms with E-state index in [4.69, 9.17) is 4.43 Å². The van der Waals surface area contributed by atoms with E-state index in [0.717, 1.165) is 0 Å². The van der Waals surface area contributed by atoms with Crippen molar-refractivity contribution in [1.29, 1.82) is 0 Å². The number of rotatable bonds is 4. The summed E-state index contributed by atoms with van der Waals surface area (Å²) >= 11 is 0. The van der Waals surface area contributed by atoms with Crippen molar-refractivity contribution in [2.24, 2.45) is 23.2 Å². The smallest absolute Gasteiger partial charge is 0.192 e. The second kappa shape index (κ2) is 6.05. The molecule has 2 fully saturated rings. The summed E-state index contributed by atoms with van der Waals surface area (Å²) in [5.41, 5.74) is 0.311. The van der Waals surface area contributed by atoms with E-state index >= 15 is 0 Å². The Morgan fingerprint density at radius 3 is 2.41 bits per heavy atom. The highest BCUT2D eigenvalue weighted by Crippen LogP contribution is 2.58. The molecular formula is C19H36O2Si. The molecule has 0 bridgehead atoms. The van der Waals surface area contributed by atoms with Crippen molar-refractivity contribution in [2.45, 2.75) is 91.0 Å². The minimum absolute atomic E-state index is 0.196. The fraction of sp³-hybridized carbons (Fsp3) is 0.947. The maximum Gasteiger partial charge on any atom is 0.192 e. The summed E-state index contributed by atoms with van der Waals surface area (Å²) in [4.78, 5) is 11.3. The zero-order valence-corrected chi connectivity index (χ0v) is 16.7. The molecule has 0 aromatic rings. The predicted octanol–water partition coefficient (Wildman–Crippen LogP) is 5.43. The molecule has 5 atom stereocenters. The quantitative estimate of drug-likeness (QED) is 0.509. The molecule has 128 valence electrons. The lowest BCUT2D eigenvalue weighted by Crippen LogP contribution is -2.50. The number of hydrogen-bond donors (Lipinski definition) is 0. The lowest BCUT2D eigenvalue weighted by atomic mass is 9.62. The van der Waals surface area contributed by atoms with Gasteiger partial charge < -0.3 is 9.22 Å². The van der Waals surface area contributed by atoms with E-state index in [0.29, 0.717) is 23.4 Å². The highest BCUT2D eigenvalue weighted by Gasteiger charge is 2.54. The van der Waals surface area contributed by atoms with Crippen LogP contribution < -0.4 is 0 Å². The van der Waals surface area contributed by atoms with E-state index in [1.54, 1.807) is 0 Å². The Labute approximate surface area is 138 Å². The summed E-state index contributed by atoms with van der Waals surface area (Å²) in [6.45, 7) is 16.3. The number of fused-ring (bicyclic) bond motifs is 1. The van der Waals surface area contributed by atoms with E-state index in [1.165, 1.54) is 38.4 Å². The number of carbonyl (C=O) groups is 1. The van der Waals surface area contributed by atoms with Crippen LogP contribution in [0.15, 0.2) is 0 Å². The highest BCUT2D eigenvalue weighted by molar-refractivity contribution is 6.74. The number of aldehydes is 1. The zero-order valence-electron chi connectivity index (χ0n) is 15.7. The minimum atomic E-state index is -1.71. The lowest BCUT2D eigenvalue weighted by molar-refractivity contribution is -0.114. The average molecular weight is 325 g/mol. The van der Waals surface area contributed by atoms with Gasteiger partial charge in [0.05, 0.1) is 0 Å². The van der Waals surface area contributed by atoms with Crippen LogP contribution in [0.4, 0.5) is 0 Å². The third-order valence-electron chi connectivity index (χ3n) is 7.24. The van der Waals surface area contributed by atoms with Gasteiger partial charge in [-0.2, -0.15) is 0 Å². The topological polar surface area (TPSA) is 26.3 Å². The maximum absolute atomic E-state index is 11.3. The standard InChI is InChI=1S/C19H36O2Si/c1-14(13-20)15-10-11-16-17(9-8-12-19(15,16)5)21-22(6,7)18(2,3)4/h13-17H,8-12H2,1-7H3/t14-,15?,16+,17+,19-/m1/s1. The van der Waals surface area contributed by atoms with Crippen molar-refractivity contribution in [3.05, 3.63) is 0 Å². The van der Waals surface area contributed by atoms with Crippen molar-refractivity contribution in [3.63, 3.8) is 0 Å². The van der Waals surface area contributed by atoms with Crippen LogP contribution >= 0.6 is 0 Å². The van der Waals surface area contributed by atoms with Crippen LogP contribution in [0.25, 0.3) is 0 Å². The molecule has 1 unspecified atom stereocenters. The van der Waals surface area contributed by atoms with Gasteiger partial charge >= 0.3 is 0 Å². The molecule has 0 aliphatic heterocycles. The molecule has 3 heteroatoms. The molecule has 2 nitrogen and oxygen atoms in total. The Morgan fingerprint density at radius 1 is 1.23 bits per heavy atom. The molecule has 0 aromatic carbocycles. The van der Waals surface area contributed by atoms with E-state index in [9.17, 15) is 4.79 Å². The molecular weight excluding hydrogens is 288 g/mol. The predicted molar refractivity (Wildman–Crippen MR) is 95.5 cm³/mol. The third-order valence-corrected chi connectivity index (χ3v) is 11.7. The summed E-state index contributed by atoms with van der Waals surface area (Å²) < 4.78 is 6.83. The van der Waals surface area contributed by atoms with Crippen LogP contribution in [0, 0.1) is 23.2 Å². The fourth-order valence-electron chi connectivity index (χ4n) is 4.81. The monoisotopic (exact) mass is 324 g/mol. The van der Waals surface area contributed by atoms with Crippen molar-refractivity contribution >= 4 is 14.6 Å². The first-order valence-electron chi connectivity index (χ1n) is 9.16. The van der Waals surface area contributed by atoms with Gasteiger partial charge in [-0.3, -0.25) is 0 Å². The lowest BCUT2D eigenvalue weighted by Gasteiger charge is -2.49. The van der Waals surface area contributed by atoms with Crippen molar-refractivity contribution in [1.82, 2.24) is 0 Å². The molecule has 2 saturated carbocycles. The van der Waals surface area contributed by atoms with Gasteiger partial charge in [-0.15, -0.1) is 0 Å². The first-order valence-corrected chi connectivity index (χ1v) is 12.1. The summed E-state index contributed by atoms with van der Waals surface area (Å²) in [5, 5.41) is 0.273. The SMILES string of the molecule is C[C@H](C=O)C1CC[C@H]2[C@@H](O[Si](C)(C)C(C)(C)C)CCC[C@]12C. The largest absolute Gasteiger partial charge is 0.414 e. The van der Waals surface area contributed by atoms with Gasteiger partial charge in [0.15, 0.2) is 8.32 Å². The Morgan fingerprint density at radius 2 is 1.86 bits per heavy atom. The Bertz CT molecular complexity index is 412. The van der Waals surface area contributed by atoms with Gasteiger partial charge in [0, 0.05) is 12.0 Å². The molecule has 0 N–H and O–H groups in total. The summed E-state index contributed by atoms with van der Waals surface area (Å²) in [5.74, 6) is 1.41. The number of hydrogen-bond acceptors (Lipinski definition) is 2. The van der Waals surface area contributed by atoms with Crippen LogP contribution in [-0.4, -0.2) is 20.7 Å². The second-order valence-electron chi connectivity index (χ2n) is 9.60. The van der Waals surface area contributed by atoms with Gasteiger partial charge in [0.2, 0.25) is 0 Å². The zero-order chi connectivity index (χ0) is 16.8. The summed E-state index contributed by atoms with van der Waals surface area (Å²) in [6, 6.07) is 0. The van der Waals surface area contributed by atoms with Crippen LogP contribution in [-0.2, 0) is 9.22 Å². The minimum Gasteiger partial charge on any atom is -0.414 e. The van der Waals surface area contributed by atoms with Gasteiger partial charge in [-0.25, -0.2) is 0 Å². The van der Waals surface area contributed by atoms with E-state index < -0.39 is 8.32 Å². The molecule has 0 heterocycles. The average Bonchev–Trinajstić information content (AvgIpc) is 2.74.